The first kappa shape index (κ1) is 22.1. The molecular weight excluding hydrogens is 400 g/mol. The van der Waals surface area contributed by atoms with Crippen LogP contribution in [0.2, 0.25) is 0 Å². The van der Waals surface area contributed by atoms with Gasteiger partial charge in [0.05, 0.1) is 56.0 Å². The molecule has 11 nitrogen and oxygen atoms in total. The topological polar surface area (TPSA) is 140 Å². The van der Waals surface area contributed by atoms with Crippen molar-refractivity contribution in [3.8, 4) is 23.0 Å². The minimum atomic E-state index is -0.758. The third-order valence-corrected chi connectivity index (χ3v) is 4.11. The fraction of sp³-hybridized carbons (Fsp3) is 0.211. The van der Waals surface area contributed by atoms with Gasteiger partial charge in [0.1, 0.15) is 5.56 Å². The molecule has 0 N–H and O–H groups in total. The molecule has 0 spiro atoms. The Kier molecular flexibility index (Phi) is 6.91. The average molecular weight is 418 g/mol. The van der Waals surface area contributed by atoms with Crippen molar-refractivity contribution in [2.45, 2.75) is 0 Å². The van der Waals surface area contributed by atoms with Crippen LogP contribution in [-0.2, 0) is 0 Å². The van der Waals surface area contributed by atoms with Crippen LogP contribution in [0.1, 0.15) is 15.9 Å². The molecule has 2 aromatic carbocycles. The highest BCUT2D eigenvalue weighted by molar-refractivity contribution is 6.10. The van der Waals surface area contributed by atoms with Gasteiger partial charge in [-0.15, -0.1) is 0 Å². The number of benzene rings is 2. The maximum Gasteiger partial charge on any atom is 0.284 e. The van der Waals surface area contributed by atoms with E-state index in [0.717, 1.165) is 18.2 Å². The average Bonchev–Trinajstić information content (AvgIpc) is 2.75. The predicted octanol–water partition coefficient (Wildman–Crippen LogP) is 3.43. The van der Waals surface area contributed by atoms with Crippen molar-refractivity contribution in [3.05, 3.63) is 61.7 Å². The smallest absolute Gasteiger partial charge is 0.284 e. The van der Waals surface area contributed by atoms with Gasteiger partial charge in [-0.3, -0.25) is 25.0 Å². The van der Waals surface area contributed by atoms with Crippen molar-refractivity contribution in [2.24, 2.45) is 0 Å². The van der Waals surface area contributed by atoms with Crippen LogP contribution in [-0.4, -0.2) is 44.1 Å². The molecule has 0 aliphatic rings. The highest BCUT2D eigenvalue weighted by Crippen LogP contribution is 2.36. The van der Waals surface area contributed by atoms with Crippen LogP contribution in [0, 0.1) is 20.2 Å². The number of ether oxygens (including phenoxy) is 4. The third kappa shape index (κ3) is 4.46. The van der Waals surface area contributed by atoms with E-state index in [1.165, 1.54) is 46.6 Å². The lowest BCUT2D eigenvalue weighted by Gasteiger charge is -2.09. The molecule has 0 atom stereocenters. The number of allylic oxidation sites excluding steroid dienone is 1. The highest BCUT2D eigenvalue weighted by atomic mass is 16.6. The summed E-state index contributed by atoms with van der Waals surface area (Å²) in [5.74, 6) is -0.195. The van der Waals surface area contributed by atoms with E-state index in [-0.39, 0.29) is 39.8 Å². The number of carbonyl (C=O) groups is 1. The largest absolute Gasteiger partial charge is 0.493 e. The Labute approximate surface area is 170 Å². The van der Waals surface area contributed by atoms with Crippen LogP contribution in [0.5, 0.6) is 23.0 Å². The number of nitro benzene ring substituents is 2. The van der Waals surface area contributed by atoms with Crippen LogP contribution in [0.25, 0.3) is 6.08 Å². The van der Waals surface area contributed by atoms with Crippen LogP contribution in [0.3, 0.4) is 0 Å². The second-order valence-electron chi connectivity index (χ2n) is 5.70. The third-order valence-electron chi connectivity index (χ3n) is 4.11. The first-order chi connectivity index (χ1) is 14.3. The van der Waals surface area contributed by atoms with Crippen LogP contribution < -0.4 is 18.9 Å². The molecule has 2 rings (SSSR count). The number of nitro groups is 2. The summed E-state index contributed by atoms with van der Waals surface area (Å²) in [6.45, 7) is 0. The van der Waals surface area contributed by atoms with E-state index in [2.05, 4.69) is 0 Å². The van der Waals surface area contributed by atoms with Gasteiger partial charge in [-0.05, 0) is 18.2 Å². The van der Waals surface area contributed by atoms with E-state index < -0.39 is 21.3 Å². The summed E-state index contributed by atoms with van der Waals surface area (Å²) in [5.41, 5.74) is -1.05. The second-order valence-corrected chi connectivity index (χ2v) is 5.70. The van der Waals surface area contributed by atoms with Crippen molar-refractivity contribution >= 4 is 23.2 Å². The van der Waals surface area contributed by atoms with E-state index in [1.54, 1.807) is 0 Å². The number of carbonyl (C=O) groups excluding carboxylic acids is 1. The number of hydrogen-bond acceptors (Lipinski definition) is 9. The normalized spacial score (nSPS) is 10.5. The number of rotatable bonds is 9. The standard InChI is InChI=1S/C19H18N2O9/c1-27-16-7-11(13(20(23)24)9-18(16)29-3)5-6-15(22)12-8-17(28-2)19(30-4)10-14(12)21(25)26/h5-10H,1-4H3/b6-5-. The summed E-state index contributed by atoms with van der Waals surface area (Å²) < 4.78 is 20.3. The lowest BCUT2D eigenvalue weighted by molar-refractivity contribution is -0.385. The van der Waals surface area contributed by atoms with Crippen LogP contribution in [0.4, 0.5) is 11.4 Å². The summed E-state index contributed by atoms with van der Waals surface area (Å²) in [4.78, 5) is 34.0. The molecule has 0 aliphatic carbocycles. The maximum absolute atomic E-state index is 12.7. The first-order valence-corrected chi connectivity index (χ1v) is 8.30. The van der Waals surface area contributed by atoms with E-state index in [0.29, 0.717) is 0 Å². The van der Waals surface area contributed by atoms with Crippen LogP contribution in [0.15, 0.2) is 30.3 Å². The SMILES string of the molecule is COc1cc(/C=C\C(=O)c2cc(OC)c(OC)cc2[N+](=O)[O-])c([N+](=O)[O-])cc1OC. The minimum Gasteiger partial charge on any atom is -0.493 e. The Hall–Kier alpha value is -4.15. The molecular formula is C19H18N2O9. The molecule has 11 heteroatoms. The van der Waals surface area contributed by atoms with E-state index in [1.807, 2.05) is 0 Å². The summed E-state index contributed by atoms with van der Waals surface area (Å²) in [6.07, 6.45) is 2.16. The van der Waals surface area contributed by atoms with Gasteiger partial charge >= 0.3 is 0 Å². The van der Waals surface area contributed by atoms with Gasteiger partial charge in [-0.2, -0.15) is 0 Å². The molecule has 0 fully saturated rings. The zero-order valence-corrected chi connectivity index (χ0v) is 16.5. The van der Waals surface area contributed by atoms with E-state index in [4.69, 9.17) is 18.9 Å². The zero-order chi connectivity index (χ0) is 22.4. The fourth-order valence-corrected chi connectivity index (χ4v) is 2.65. The maximum atomic E-state index is 12.7. The molecule has 30 heavy (non-hydrogen) atoms. The van der Waals surface area contributed by atoms with Gasteiger partial charge in [0, 0.05) is 6.07 Å². The van der Waals surface area contributed by atoms with E-state index >= 15 is 0 Å². The van der Waals surface area contributed by atoms with Crippen molar-refractivity contribution in [1.29, 1.82) is 0 Å². The first-order valence-electron chi connectivity index (χ1n) is 8.30. The monoisotopic (exact) mass is 418 g/mol. The summed E-state index contributed by atoms with van der Waals surface area (Å²) >= 11 is 0. The summed E-state index contributed by atoms with van der Waals surface area (Å²) in [5, 5.41) is 22.8. The molecule has 0 radical (unpaired) electrons. The van der Waals surface area contributed by atoms with E-state index in [9.17, 15) is 25.0 Å². The number of ketones is 1. The molecule has 158 valence electrons. The Morgan fingerprint density at radius 3 is 1.67 bits per heavy atom. The Morgan fingerprint density at radius 1 is 0.767 bits per heavy atom. The highest BCUT2D eigenvalue weighted by Gasteiger charge is 2.24. The summed E-state index contributed by atoms with van der Waals surface area (Å²) in [6, 6.07) is 4.72. The zero-order valence-electron chi connectivity index (χ0n) is 16.5. The van der Waals surface area contributed by atoms with Gasteiger partial charge in [-0.1, -0.05) is 0 Å². The molecule has 0 aromatic heterocycles. The molecule has 0 saturated carbocycles. The number of hydrogen-bond donors (Lipinski definition) is 0. The van der Waals surface area contributed by atoms with Crippen LogP contribution >= 0.6 is 0 Å². The predicted molar refractivity (Wildman–Crippen MR) is 106 cm³/mol. The Balaban J connectivity index is 2.55. The van der Waals surface area contributed by atoms with Crippen molar-refractivity contribution < 1.29 is 33.6 Å². The van der Waals surface area contributed by atoms with Gasteiger partial charge < -0.3 is 18.9 Å². The lowest BCUT2D eigenvalue weighted by Crippen LogP contribution is -2.04. The van der Waals surface area contributed by atoms with Crippen molar-refractivity contribution in [1.82, 2.24) is 0 Å². The minimum absolute atomic E-state index is 0.0501. The molecule has 2 aromatic rings. The second kappa shape index (κ2) is 9.37. The summed E-state index contributed by atoms with van der Waals surface area (Å²) in [7, 11) is 5.31. The molecule has 0 aliphatic heterocycles. The number of nitrogens with zero attached hydrogens (tertiary/aromatic N) is 2. The molecule has 0 unspecified atom stereocenters. The molecule has 0 bridgehead atoms. The number of methoxy groups -OCH3 is 4. The van der Waals surface area contributed by atoms with Crippen molar-refractivity contribution in [3.63, 3.8) is 0 Å². The van der Waals surface area contributed by atoms with Gasteiger partial charge in [0.25, 0.3) is 11.4 Å². The molecule has 0 saturated heterocycles. The Morgan fingerprint density at radius 2 is 1.20 bits per heavy atom. The molecule has 0 heterocycles. The fourth-order valence-electron chi connectivity index (χ4n) is 2.65. The van der Waals surface area contributed by atoms with Gasteiger partial charge in [0.2, 0.25) is 0 Å². The quantitative estimate of drug-likeness (QED) is 0.259. The van der Waals surface area contributed by atoms with Gasteiger partial charge in [0.15, 0.2) is 28.8 Å². The molecule has 0 amide bonds. The lowest BCUT2D eigenvalue weighted by atomic mass is 10.0. The Bertz CT molecular complexity index is 1030. The van der Waals surface area contributed by atoms with Gasteiger partial charge in [-0.25, -0.2) is 0 Å². The van der Waals surface area contributed by atoms with Crippen molar-refractivity contribution in [2.75, 3.05) is 28.4 Å².